The van der Waals surface area contributed by atoms with Gasteiger partial charge in [0, 0.05) is 26.1 Å². The van der Waals surface area contributed by atoms with Gasteiger partial charge in [0.25, 0.3) is 12.4 Å². The normalized spacial score (nSPS) is 20.1. The fraction of sp³-hybridized carbons (Fsp3) is 0.636. The molecule has 9 heteroatoms. The Balaban J connectivity index is 1.57. The van der Waals surface area contributed by atoms with Gasteiger partial charge in [-0.15, -0.1) is 0 Å². The number of aryl methyl sites for hydroxylation is 2. The molecule has 7 nitrogen and oxygen atoms in total. The lowest BCUT2D eigenvalue weighted by Crippen LogP contribution is -2.37. The van der Waals surface area contributed by atoms with Crippen LogP contribution in [-0.4, -0.2) is 53.3 Å². The molecule has 31 heavy (non-hydrogen) atoms. The molecule has 0 saturated heterocycles. The van der Waals surface area contributed by atoms with Crippen molar-refractivity contribution in [2.45, 2.75) is 71.1 Å². The quantitative estimate of drug-likeness (QED) is 0.644. The number of benzene rings is 1. The highest BCUT2D eigenvalue weighted by atomic mass is 19.3. The van der Waals surface area contributed by atoms with Crippen molar-refractivity contribution in [3.05, 3.63) is 17.7 Å². The molecule has 0 unspecified atom stereocenters. The number of alkyl halides is 2. The molecule has 1 amide bonds. The number of nitrogens with one attached hydrogen (secondary N) is 1. The highest BCUT2D eigenvalue weighted by Gasteiger charge is 2.25. The van der Waals surface area contributed by atoms with E-state index in [1.54, 1.807) is 12.1 Å². The summed E-state index contributed by atoms with van der Waals surface area (Å²) in [6.07, 6.45) is 1.15. The smallest absolute Gasteiger partial charge is 0.297 e. The summed E-state index contributed by atoms with van der Waals surface area (Å²) in [5.74, 6) is 0.338. The second-order valence-corrected chi connectivity index (χ2v) is 8.21. The van der Waals surface area contributed by atoms with E-state index in [9.17, 15) is 13.6 Å². The van der Waals surface area contributed by atoms with Gasteiger partial charge in [0.05, 0.1) is 23.7 Å². The van der Waals surface area contributed by atoms with E-state index < -0.39 is 13.0 Å². The lowest BCUT2D eigenvalue weighted by Gasteiger charge is -2.29. The molecule has 1 aromatic heterocycles. The summed E-state index contributed by atoms with van der Waals surface area (Å²) in [7, 11) is 1.85. The number of rotatable bonds is 9. The van der Waals surface area contributed by atoms with Gasteiger partial charge in [0.2, 0.25) is 5.91 Å². The maximum atomic E-state index is 12.5. The van der Waals surface area contributed by atoms with Gasteiger partial charge in [0.1, 0.15) is 18.5 Å². The lowest BCUT2D eigenvalue weighted by molar-refractivity contribution is -0.120. The molecular formula is C22H31F2N3O4. The molecule has 1 fully saturated rings. The predicted octanol–water partition coefficient (Wildman–Crippen LogP) is 3.76. The number of carbonyl (C=O) groups is 1. The molecule has 1 aliphatic carbocycles. The van der Waals surface area contributed by atoms with Gasteiger partial charge in [-0.2, -0.15) is 4.98 Å². The molecule has 0 aliphatic heterocycles. The van der Waals surface area contributed by atoms with Crippen LogP contribution in [0, 0.1) is 6.92 Å². The van der Waals surface area contributed by atoms with Crippen molar-refractivity contribution in [1.82, 2.24) is 14.9 Å². The first-order chi connectivity index (χ1) is 14.7. The summed E-state index contributed by atoms with van der Waals surface area (Å²) in [6.45, 7) is 5.16. The third kappa shape index (κ3) is 6.29. The SMILES string of the molecule is CC(=O)N[C@@H](C)CO[C@H]1CC[C@H](Oc2nc3c(C)cc(OCC(F)F)cc3n2C)CC1. The van der Waals surface area contributed by atoms with E-state index in [0.717, 1.165) is 42.3 Å². The fourth-order valence-corrected chi connectivity index (χ4v) is 3.89. The molecule has 2 aromatic rings. The number of carbonyl (C=O) groups excluding carboxylic acids is 1. The van der Waals surface area contributed by atoms with Crippen molar-refractivity contribution in [2.75, 3.05) is 13.2 Å². The highest BCUT2D eigenvalue weighted by molar-refractivity contribution is 5.82. The van der Waals surface area contributed by atoms with Crippen LogP contribution < -0.4 is 14.8 Å². The zero-order chi connectivity index (χ0) is 22.5. The number of hydrogen-bond acceptors (Lipinski definition) is 5. The minimum Gasteiger partial charge on any atom is -0.488 e. The summed E-state index contributed by atoms with van der Waals surface area (Å²) in [4.78, 5) is 15.7. The zero-order valence-electron chi connectivity index (χ0n) is 18.5. The van der Waals surface area contributed by atoms with Crippen molar-refractivity contribution in [3.8, 4) is 11.8 Å². The van der Waals surface area contributed by atoms with Crippen LogP contribution in [0.4, 0.5) is 8.78 Å². The van der Waals surface area contributed by atoms with Gasteiger partial charge in [0.15, 0.2) is 0 Å². The molecular weight excluding hydrogens is 408 g/mol. The van der Waals surface area contributed by atoms with Gasteiger partial charge in [-0.3, -0.25) is 9.36 Å². The third-order valence-corrected chi connectivity index (χ3v) is 5.41. The van der Waals surface area contributed by atoms with Gasteiger partial charge < -0.3 is 19.5 Å². The minimum absolute atomic E-state index is 0.00993. The Morgan fingerprint density at radius 2 is 1.90 bits per heavy atom. The van der Waals surface area contributed by atoms with Gasteiger partial charge in [-0.1, -0.05) is 0 Å². The molecule has 1 heterocycles. The first-order valence-corrected chi connectivity index (χ1v) is 10.7. The van der Waals surface area contributed by atoms with Crippen LogP contribution in [0.25, 0.3) is 11.0 Å². The van der Waals surface area contributed by atoms with E-state index in [0.29, 0.717) is 18.4 Å². The molecule has 1 saturated carbocycles. The average Bonchev–Trinajstić information content (AvgIpc) is 3.02. The van der Waals surface area contributed by atoms with Crippen molar-refractivity contribution in [3.63, 3.8) is 0 Å². The number of aromatic nitrogens is 2. The summed E-state index contributed by atoms with van der Waals surface area (Å²) >= 11 is 0. The van der Waals surface area contributed by atoms with E-state index in [-0.39, 0.29) is 24.2 Å². The van der Waals surface area contributed by atoms with E-state index >= 15 is 0 Å². The van der Waals surface area contributed by atoms with E-state index in [1.807, 2.05) is 25.5 Å². The Kier molecular flexibility index (Phi) is 7.69. The Bertz CT molecular complexity index is 894. The maximum Gasteiger partial charge on any atom is 0.297 e. The number of nitrogens with zero attached hydrogens (tertiary/aromatic N) is 2. The number of hydrogen-bond donors (Lipinski definition) is 1. The van der Waals surface area contributed by atoms with Crippen molar-refractivity contribution < 1.29 is 27.8 Å². The first kappa shape index (κ1) is 23.2. The number of amides is 1. The Hall–Kier alpha value is -2.42. The summed E-state index contributed by atoms with van der Waals surface area (Å²) in [6, 6.07) is 3.93. The Labute approximate surface area is 181 Å². The average molecular weight is 440 g/mol. The van der Waals surface area contributed by atoms with Gasteiger partial charge in [-0.05, 0) is 51.2 Å². The molecule has 1 N–H and O–H groups in total. The number of fused-ring (bicyclic) bond motifs is 1. The van der Waals surface area contributed by atoms with Crippen LogP contribution in [0.3, 0.4) is 0 Å². The van der Waals surface area contributed by atoms with Crippen LogP contribution in [-0.2, 0) is 16.6 Å². The first-order valence-electron chi connectivity index (χ1n) is 10.7. The number of halogens is 2. The van der Waals surface area contributed by atoms with Gasteiger partial charge >= 0.3 is 0 Å². The van der Waals surface area contributed by atoms with Crippen LogP contribution in [0.1, 0.15) is 45.1 Å². The Morgan fingerprint density at radius 3 is 2.55 bits per heavy atom. The summed E-state index contributed by atoms with van der Waals surface area (Å²) in [5.41, 5.74) is 2.40. The van der Waals surface area contributed by atoms with E-state index in [4.69, 9.17) is 14.2 Å². The maximum absolute atomic E-state index is 12.5. The Morgan fingerprint density at radius 1 is 1.23 bits per heavy atom. The second-order valence-electron chi connectivity index (χ2n) is 8.21. The minimum atomic E-state index is -2.52. The zero-order valence-corrected chi connectivity index (χ0v) is 18.5. The second kappa shape index (κ2) is 10.3. The summed E-state index contributed by atoms with van der Waals surface area (Å²) in [5, 5.41) is 2.82. The van der Waals surface area contributed by atoms with Crippen LogP contribution in [0.15, 0.2) is 12.1 Å². The molecule has 1 atom stereocenters. The molecule has 1 aromatic carbocycles. The van der Waals surface area contributed by atoms with Crippen LogP contribution in [0.2, 0.25) is 0 Å². The number of ether oxygens (including phenoxy) is 3. The standard InChI is InChI=1S/C22H31F2N3O4/c1-13-9-18(30-12-20(23)24)10-19-21(13)26-22(27(19)4)31-17-7-5-16(6-8-17)29-11-14(2)25-15(3)28/h9-10,14,16-17,20H,5-8,11-12H2,1-4H3,(H,25,28)/t14-,16-,17-/m0/s1. The monoisotopic (exact) mass is 439 g/mol. The van der Waals surface area contributed by atoms with E-state index in [1.165, 1.54) is 6.92 Å². The molecule has 3 rings (SSSR count). The van der Waals surface area contributed by atoms with Crippen molar-refractivity contribution >= 4 is 16.9 Å². The fourth-order valence-electron chi connectivity index (χ4n) is 3.89. The molecule has 1 aliphatic rings. The van der Waals surface area contributed by atoms with Crippen LogP contribution >= 0.6 is 0 Å². The number of imidazole rings is 1. The third-order valence-electron chi connectivity index (χ3n) is 5.41. The highest BCUT2D eigenvalue weighted by Crippen LogP contribution is 2.30. The topological polar surface area (TPSA) is 74.6 Å². The van der Waals surface area contributed by atoms with E-state index in [2.05, 4.69) is 10.3 Å². The molecule has 0 spiro atoms. The van der Waals surface area contributed by atoms with Crippen molar-refractivity contribution in [1.29, 1.82) is 0 Å². The van der Waals surface area contributed by atoms with Gasteiger partial charge in [-0.25, -0.2) is 8.78 Å². The molecule has 172 valence electrons. The predicted molar refractivity (Wildman–Crippen MR) is 113 cm³/mol. The largest absolute Gasteiger partial charge is 0.488 e. The lowest BCUT2D eigenvalue weighted by atomic mass is 9.95. The molecule has 0 bridgehead atoms. The van der Waals surface area contributed by atoms with Crippen molar-refractivity contribution in [2.24, 2.45) is 7.05 Å². The van der Waals surface area contributed by atoms with Crippen LogP contribution in [0.5, 0.6) is 11.8 Å². The molecule has 0 radical (unpaired) electrons. The summed E-state index contributed by atoms with van der Waals surface area (Å²) < 4.78 is 44.0.